The normalized spacial score (nSPS) is 14.8. The maximum atomic E-state index is 15.0. The molecular weight excluding hydrogens is 523 g/mol. The van der Waals surface area contributed by atoms with Crippen LogP contribution in [0.15, 0.2) is 47.5 Å². The lowest BCUT2D eigenvalue weighted by molar-refractivity contribution is 0.0600. The molecule has 0 saturated carbocycles. The second-order valence-corrected chi connectivity index (χ2v) is 9.87. The van der Waals surface area contributed by atoms with Gasteiger partial charge in [0, 0.05) is 49.0 Å². The van der Waals surface area contributed by atoms with E-state index in [-0.39, 0.29) is 17.3 Å². The SMILES string of the molecule is COC(=O)c1cc(C)c(C2=CCN([C@@H](C)c3cc4c(-n5cc(F)c(N)c(F)c5=O)ccnc4n3C)CC2)c(F)c1. The minimum atomic E-state index is -1.35. The molecule has 208 valence electrons. The third-order valence-electron chi connectivity index (χ3n) is 7.59. The lowest BCUT2D eigenvalue weighted by Gasteiger charge is -2.32. The fourth-order valence-corrected chi connectivity index (χ4v) is 5.42. The lowest BCUT2D eigenvalue weighted by atomic mass is 9.93. The van der Waals surface area contributed by atoms with Crippen LogP contribution in [0.1, 0.15) is 46.6 Å². The molecule has 8 nitrogen and oxygen atoms in total. The number of nitrogens with zero attached hydrogens (tertiary/aromatic N) is 4. The third kappa shape index (κ3) is 4.45. The van der Waals surface area contributed by atoms with E-state index in [0.717, 1.165) is 22.0 Å². The Morgan fingerprint density at radius 1 is 1.18 bits per heavy atom. The van der Waals surface area contributed by atoms with Crippen LogP contribution in [-0.4, -0.2) is 45.2 Å². The van der Waals surface area contributed by atoms with E-state index < -0.39 is 34.7 Å². The monoisotopic (exact) mass is 551 g/mol. The molecular formula is C29H28F3N5O3. The second-order valence-electron chi connectivity index (χ2n) is 9.87. The van der Waals surface area contributed by atoms with Gasteiger partial charge in [-0.15, -0.1) is 0 Å². The van der Waals surface area contributed by atoms with Crippen LogP contribution in [0.3, 0.4) is 0 Å². The predicted octanol–water partition coefficient (Wildman–Crippen LogP) is 4.67. The summed E-state index contributed by atoms with van der Waals surface area (Å²) in [6, 6.07) is 6.11. The van der Waals surface area contributed by atoms with Crippen LogP contribution >= 0.6 is 0 Å². The van der Waals surface area contributed by atoms with Crippen molar-refractivity contribution in [2.75, 3.05) is 25.9 Å². The number of halogens is 3. The molecule has 0 saturated heterocycles. The molecule has 1 atom stereocenters. The molecule has 2 N–H and O–H groups in total. The average molecular weight is 552 g/mol. The maximum absolute atomic E-state index is 15.0. The van der Waals surface area contributed by atoms with Crippen LogP contribution in [0.5, 0.6) is 0 Å². The van der Waals surface area contributed by atoms with E-state index >= 15 is 4.39 Å². The second kappa shape index (κ2) is 10.3. The molecule has 1 aromatic carbocycles. The van der Waals surface area contributed by atoms with Crippen molar-refractivity contribution in [3.63, 3.8) is 0 Å². The van der Waals surface area contributed by atoms with Gasteiger partial charge in [0.15, 0.2) is 5.82 Å². The summed E-state index contributed by atoms with van der Waals surface area (Å²) in [7, 11) is 3.09. The summed E-state index contributed by atoms with van der Waals surface area (Å²) in [6.07, 6.45) is 4.92. The maximum Gasteiger partial charge on any atom is 0.337 e. The van der Waals surface area contributed by atoms with Gasteiger partial charge in [0.25, 0.3) is 5.56 Å². The number of carbonyl (C=O) groups is 1. The van der Waals surface area contributed by atoms with Crippen molar-refractivity contribution in [2.45, 2.75) is 26.3 Å². The first kappa shape index (κ1) is 27.2. The highest BCUT2D eigenvalue weighted by atomic mass is 19.1. The number of nitrogens with two attached hydrogens (primary N) is 1. The third-order valence-corrected chi connectivity index (χ3v) is 7.59. The van der Waals surface area contributed by atoms with Crippen LogP contribution in [0.25, 0.3) is 22.3 Å². The van der Waals surface area contributed by atoms with Crippen LogP contribution in [0.4, 0.5) is 18.9 Å². The summed E-state index contributed by atoms with van der Waals surface area (Å²) in [5.74, 6) is -3.44. The number of hydrogen-bond donors (Lipinski definition) is 1. The molecule has 0 bridgehead atoms. The molecule has 40 heavy (non-hydrogen) atoms. The first-order valence-electron chi connectivity index (χ1n) is 12.7. The van der Waals surface area contributed by atoms with Gasteiger partial charge >= 0.3 is 5.97 Å². The molecule has 0 unspecified atom stereocenters. The van der Waals surface area contributed by atoms with E-state index in [0.29, 0.717) is 41.7 Å². The van der Waals surface area contributed by atoms with Gasteiger partial charge < -0.3 is 15.0 Å². The minimum absolute atomic E-state index is 0.103. The molecule has 4 heterocycles. The van der Waals surface area contributed by atoms with E-state index in [4.69, 9.17) is 10.5 Å². The van der Waals surface area contributed by atoms with Crippen molar-refractivity contribution in [3.05, 3.63) is 92.9 Å². The van der Waals surface area contributed by atoms with Crippen molar-refractivity contribution >= 4 is 28.3 Å². The average Bonchev–Trinajstić information content (AvgIpc) is 3.29. The Morgan fingerprint density at radius 2 is 1.93 bits per heavy atom. The Labute approximate surface area is 228 Å². The summed E-state index contributed by atoms with van der Waals surface area (Å²) < 4.78 is 51.0. The van der Waals surface area contributed by atoms with Crippen LogP contribution < -0.4 is 11.3 Å². The Kier molecular flexibility index (Phi) is 7.01. The number of hydrogen-bond acceptors (Lipinski definition) is 6. The molecule has 5 rings (SSSR count). The highest BCUT2D eigenvalue weighted by Crippen LogP contribution is 2.34. The number of aryl methyl sites for hydroxylation is 2. The van der Waals surface area contributed by atoms with E-state index in [9.17, 15) is 18.4 Å². The Hall–Kier alpha value is -4.38. The van der Waals surface area contributed by atoms with E-state index in [1.807, 2.05) is 30.7 Å². The zero-order chi connectivity index (χ0) is 28.9. The lowest BCUT2D eigenvalue weighted by Crippen LogP contribution is -2.32. The summed E-state index contributed by atoms with van der Waals surface area (Å²) in [4.78, 5) is 31.1. The molecule has 0 aliphatic carbocycles. The van der Waals surface area contributed by atoms with Crippen LogP contribution in [-0.2, 0) is 11.8 Å². The number of anilines is 1. The van der Waals surface area contributed by atoms with E-state index in [1.165, 1.54) is 25.4 Å². The van der Waals surface area contributed by atoms with E-state index in [2.05, 4.69) is 9.88 Å². The Morgan fingerprint density at radius 3 is 2.58 bits per heavy atom. The number of ether oxygens (including phenoxy) is 1. The Balaban J connectivity index is 1.46. The van der Waals surface area contributed by atoms with Gasteiger partial charge in [0.05, 0.1) is 24.6 Å². The standard InChI is InChI=1S/C29H28F3N5O3/c1-15-11-18(29(39)40-4)12-20(30)24(15)17-6-9-36(10-7-17)16(2)23-13-19-22(5-8-34-27(19)35(23)3)37-14-21(31)26(33)25(32)28(37)38/h5-6,8,11-14,16H,7,9-10,33H2,1-4H3/t16-/m0/s1. The van der Waals surface area contributed by atoms with Crippen molar-refractivity contribution in [1.82, 2.24) is 19.0 Å². The molecule has 0 radical (unpaired) electrons. The van der Waals surface area contributed by atoms with Crippen molar-refractivity contribution in [2.24, 2.45) is 7.05 Å². The summed E-state index contributed by atoms with van der Waals surface area (Å²) in [6.45, 7) is 4.98. The van der Waals surface area contributed by atoms with Crippen molar-refractivity contribution < 1.29 is 22.7 Å². The molecule has 0 spiro atoms. The molecule has 3 aromatic heterocycles. The quantitative estimate of drug-likeness (QED) is 0.363. The summed E-state index contributed by atoms with van der Waals surface area (Å²) >= 11 is 0. The predicted molar refractivity (Wildman–Crippen MR) is 146 cm³/mol. The van der Waals surface area contributed by atoms with Gasteiger partial charge in [-0.1, -0.05) is 6.08 Å². The number of esters is 1. The van der Waals surface area contributed by atoms with Gasteiger partial charge in [-0.3, -0.25) is 14.3 Å². The van der Waals surface area contributed by atoms with Gasteiger partial charge in [0.2, 0.25) is 5.82 Å². The van der Waals surface area contributed by atoms with Gasteiger partial charge in [-0.05, 0) is 55.7 Å². The number of pyridine rings is 2. The molecule has 0 amide bonds. The fourth-order valence-electron chi connectivity index (χ4n) is 5.42. The molecule has 0 fully saturated rings. The summed E-state index contributed by atoms with van der Waals surface area (Å²) in [5, 5.41) is 0.550. The topological polar surface area (TPSA) is 95.4 Å². The smallest absolute Gasteiger partial charge is 0.337 e. The fraction of sp³-hybridized carbons (Fsp3) is 0.276. The van der Waals surface area contributed by atoms with Crippen molar-refractivity contribution in [1.29, 1.82) is 0 Å². The number of carbonyl (C=O) groups excluding carboxylic acids is 1. The first-order chi connectivity index (χ1) is 19.0. The Bertz CT molecular complexity index is 1740. The van der Waals surface area contributed by atoms with Crippen molar-refractivity contribution in [3.8, 4) is 5.69 Å². The molecule has 1 aliphatic rings. The summed E-state index contributed by atoms with van der Waals surface area (Å²) in [5.41, 5.74) is 7.36. The molecule has 4 aromatic rings. The minimum Gasteiger partial charge on any atom is -0.465 e. The first-order valence-corrected chi connectivity index (χ1v) is 12.7. The van der Waals surface area contributed by atoms with Crippen LogP contribution in [0, 0.1) is 24.4 Å². The molecule has 11 heteroatoms. The highest BCUT2D eigenvalue weighted by Gasteiger charge is 2.26. The molecule has 1 aliphatic heterocycles. The number of nitrogen functional groups attached to an aromatic ring is 1. The largest absolute Gasteiger partial charge is 0.465 e. The van der Waals surface area contributed by atoms with Gasteiger partial charge in [-0.2, -0.15) is 4.39 Å². The van der Waals surface area contributed by atoms with Gasteiger partial charge in [-0.25, -0.2) is 18.6 Å². The zero-order valence-electron chi connectivity index (χ0n) is 22.5. The van der Waals surface area contributed by atoms with Gasteiger partial charge in [0.1, 0.15) is 17.2 Å². The zero-order valence-corrected chi connectivity index (χ0v) is 22.5. The van der Waals surface area contributed by atoms with E-state index in [1.54, 1.807) is 13.0 Å². The number of fused-ring (bicyclic) bond motifs is 1. The number of rotatable bonds is 5. The number of aromatic nitrogens is 3. The number of methoxy groups -OCH3 is 1. The van der Waals surface area contributed by atoms with Crippen LogP contribution in [0.2, 0.25) is 0 Å². The highest BCUT2D eigenvalue weighted by molar-refractivity contribution is 5.90. The number of benzene rings is 1.